The Morgan fingerprint density at radius 2 is 1.17 bits per heavy atom. The van der Waals surface area contributed by atoms with Gasteiger partial charge >= 0.3 is 11.9 Å². The molecule has 0 amide bonds. The number of carbonyl (C=O) groups excluding carboxylic acids is 1. The third-order valence-corrected chi connectivity index (χ3v) is 6.11. The molecule has 0 aromatic heterocycles. The fourth-order valence-corrected chi connectivity index (χ4v) is 4.00. The summed E-state index contributed by atoms with van der Waals surface area (Å²) < 4.78 is 5.78. The quantitative estimate of drug-likeness (QED) is 0.0786. The Morgan fingerprint density at radius 1 is 0.657 bits per heavy atom. The maximum atomic E-state index is 12.4. The monoisotopic (exact) mass is 490 g/mol. The molecule has 0 saturated heterocycles. The van der Waals surface area contributed by atoms with Crippen LogP contribution in [0.25, 0.3) is 0 Å². The van der Waals surface area contributed by atoms with Gasteiger partial charge in [-0.1, -0.05) is 115 Å². The summed E-state index contributed by atoms with van der Waals surface area (Å²) in [5.74, 6) is -0.824. The van der Waals surface area contributed by atoms with E-state index in [-0.39, 0.29) is 18.5 Å². The summed E-state index contributed by atoms with van der Waals surface area (Å²) in [5.41, 5.74) is 0. The molecule has 4 heteroatoms. The van der Waals surface area contributed by atoms with Crippen molar-refractivity contribution in [2.45, 2.75) is 148 Å². The molecule has 0 bridgehead atoms. The number of carbonyl (C=O) groups is 2. The van der Waals surface area contributed by atoms with Crippen molar-refractivity contribution in [1.82, 2.24) is 0 Å². The van der Waals surface area contributed by atoms with Gasteiger partial charge in [0.2, 0.25) is 0 Å². The van der Waals surface area contributed by atoms with Crippen molar-refractivity contribution in [2.75, 3.05) is 0 Å². The van der Waals surface area contributed by atoms with E-state index in [1.165, 1.54) is 51.4 Å². The van der Waals surface area contributed by atoms with Gasteiger partial charge < -0.3 is 9.84 Å². The van der Waals surface area contributed by atoms with Crippen LogP contribution in [-0.4, -0.2) is 23.1 Å². The normalized spacial score (nSPS) is 12.7. The van der Waals surface area contributed by atoms with Gasteiger partial charge in [-0.3, -0.25) is 9.59 Å². The highest BCUT2D eigenvalue weighted by Gasteiger charge is 2.11. The van der Waals surface area contributed by atoms with E-state index in [1.54, 1.807) is 0 Å². The van der Waals surface area contributed by atoms with Crippen LogP contribution < -0.4 is 0 Å². The van der Waals surface area contributed by atoms with Crippen molar-refractivity contribution in [3.63, 3.8) is 0 Å². The molecule has 0 aliphatic rings. The first-order chi connectivity index (χ1) is 17.1. The number of unbranched alkanes of at least 4 members (excludes halogenated alkanes) is 12. The zero-order valence-electron chi connectivity index (χ0n) is 22.9. The van der Waals surface area contributed by atoms with E-state index < -0.39 is 5.97 Å². The van der Waals surface area contributed by atoms with E-state index in [4.69, 9.17) is 9.84 Å². The van der Waals surface area contributed by atoms with Gasteiger partial charge in [0, 0.05) is 12.8 Å². The summed E-state index contributed by atoms with van der Waals surface area (Å²) in [6, 6.07) is 0. The van der Waals surface area contributed by atoms with E-state index >= 15 is 0 Å². The van der Waals surface area contributed by atoms with Crippen LogP contribution in [0.3, 0.4) is 0 Å². The molecule has 0 radical (unpaired) electrons. The zero-order chi connectivity index (χ0) is 25.8. The molecule has 1 atom stereocenters. The Hall–Kier alpha value is -1.84. The third kappa shape index (κ3) is 26.6. The molecule has 0 aliphatic carbocycles. The van der Waals surface area contributed by atoms with Crippen LogP contribution in [0.2, 0.25) is 0 Å². The Kier molecular flexibility index (Phi) is 25.4. The Balaban J connectivity index is 4.20. The minimum atomic E-state index is -0.732. The Labute approximate surface area is 216 Å². The fraction of sp³-hybridized carbons (Fsp3) is 0.742. The second kappa shape index (κ2) is 26.8. The summed E-state index contributed by atoms with van der Waals surface area (Å²) in [5, 5.41) is 8.75. The number of esters is 1. The first-order valence-corrected chi connectivity index (χ1v) is 14.5. The first-order valence-electron chi connectivity index (χ1n) is 14.5. The number of hydrogen-bond donors (Lipinski definition) is 1. The number of allylic oxidation sites excluding steroid dienone is 5. The molecular weight excluding hydrogens is 436 g/mol. The van der Waals surface area contributed by atoms with Gasteiger partial charge in [0.25, 0.3) is 0 Å². The lowest BCUT2D eigenvalue weighted by molar-refractivity contribution is -0.147. The lowest BCUT2D eigenvalue weighted by atomic mass is 10.1. The van der Waals surface area contributed by atoms with E-state index in [9.17, 15) is 9.59 Å². The van der Waals surface area contributed by atoms with E-state index in [2.05, 4.69) is 44.2 Å². The molecule has 0 spiro atoms. The molecule has 0 saturated carbocycles. The molecule has 0 heterocycles. The topological polar surface area (TPSA) is 63.6 Å². The number of carboxylic acid groups (broad SMARTS) is 1. The van der Waals surface area contributed by atoms with Crippen LogP contribution in [0, 0.1) is 0 Å². The van der Waals surface area contributed by atoms with Gasteiger partial charge in [-0.15, -0.1) is 0 Å². The van der Waals surface area contributed by atoms with Gasteiger partial charge in [-0.2, -0.15) is 0 Å². The van der Waals surface area contributed by atoms with Crippen LogP contribution in [0.15, 0.2) is 36.5 Å². The molecule has 0 fully saturated rings. The van der Waals surface area contributed by atoms with Crippen LogP contribution in [0.4, 0.5) is 0 Å². The molecule has 202 valence electrons. The molecule has 0 aromatic rings. The first kappa shape index (κ1) is 33.2. The van der Waals surface area contributed by atoms with Crippen LogP contribution in [0.5, 0.6) is 0 Å². The zero-order valence-corrected chi connectivity index (χ0v) is 22.9. The highest BCUT2D eigenvalue weighted by Crippen LogP contribution is 2.15. The number of rotatable bonds is 25. The average Bonchev–Trinajstić information content (AvgIpc) is 2.83. The van der Waals surface area contributed by atoms with Crippen molar-refractivity contribution in [3.8, 4) is 0 Å². The van der Waals surface area contributed by atoms with Crippen molar-refractivity contribution in [2.24, 2.45) is 0 Å². The molecule has 1 unspecified atom stereocenters. The van der Waals surface area contributed by atoms with Crippen molar-refractivity contribution >= 4 is 11.9 Å². The van der Waals surface area contributed by atoms with E-state index in [1.807, 2.05) is 6.08 Å². The molecular formula is C31H54O4. The lowest BCUT2D eigenvalue weighted by Gasteiger charge is -2.14. The summed E-state index contributed by atoms with van der Waals surface area (Å²) in [4.78, 5) is 23.0. The standard InChI is InChI=1S/C31H54O4/c1-3-5-7-9-11-13-14-16-18-24-28-31(34)35-29(26-22-19-20-23-27-30(32)33)25-21-17-15-12-10-8-6-4-2/h6,8,12,15,21,25,29H,3-5,7,9-11,13-14,16-20,22-24,26-28H2,1-2H3,(H,32,33)/b8-6-,15-12-,25-21-. The molecule has 4 nitrogen and oxygen atoms in total. The van der Waals surface area contributed by atoms with E-state index in [0.29, 0.717) is 12.8 Å². The van der Waals surface area contributed by atoms with Gasteiger partial charge in [0.1, 0.15) is 6.10 Å². The summed E-state index contributed by atoms with van der Waals surface area (Å²) in [6.07, 6.45) is 33.0. The lowest BCUT2D eigenvalue weighted by Crippen LogP contribution is -2.16. The van der Waals surface area contributed by atoms with Gasteiger partial charge in [-0.25, -0.2) is 0 Å². The minimum absolute atomic E-state index is 0.0923. The smallest absolute Gasteiger partial charge is 0.306 e. The maximum Gasteiger partial charge on any atom is 0.306 e. The summed E-state index contributed by atoms with van der Waals surface area (Å²) >= 11 is 0. The number of hydrogen-bond acceptors (Lipinski definition) is 3. The average molecular weight is 491 g/mol. The van der Waals surface area contributed by atoms with Crippen LogP contribution in [-0.2, 0) is 14.3 Å². The summed E-state index contributed by atoms with van der Waals surface area (Å²) in [7, 11) is 0. The van der Waals surface area contributed by atoms with Gasteiger partial charge in [0.05, 0.1) is 0 Å². The second-order valence-electron chi connectivity index (χ2n) is 9.56. The Bertz CT molecular complexity index is 577. The largest absolute Gasteiger partial charge is 0.481 e. The molecule has 35 heavy (non-hydrogen) atoms. The van der Waals surface area contributed by atoms with Crippen molar-refractivity contribution in [1.29, 1.82) is 0 Å². The van der Waals surface area contributed by atoms with Gasteiger partial charge in [-0.05, 0) is 51.0 Å². The van der Waals surface area contributed by atoms with Crippen molar-refractivity contribution in [3.05, 3.63) is 36.5 Å². The predicted octanol–water partition coefficient (Wildman–Crippen LogP) is 9.49. The fourth-order valence-electron chi connectivity index (χ4n) is 4.00. The van der Waals surface area contributed by atoms with E-state index in [0.717, 1.165) is 57.8 Å². The molecule has 0 aliphatic heterocycles. The van der Waals surface area contributed by atoms with Crippen molar-refractivity contribution < 1.29 is 19.4 Å². The maximum absolute atomic E-state index is 12.4. The molecule has 0 aromatic carbocycles. The molecule has 0 rings (SSSR count). The summed E-state index contributed by atoms with van der Waals surface area (Å²) in [6.45, 7) is 4.38. The third-order valence-electron chi connectivity index (χ3n) is 6.11. The number of aliphatic carboxylic acids is 1. The Morgan fingerprint density at radius 3 is 1.77 bits per heavy atom. The predicted molar refractivity (Wildman–Crippen MR) is 149 cm³/mol. The number of ether oxygens (including phenoxy) is 1. The second-order valence-corrected chi connectivity index (χ2v) is 9.56. The number of carboxylic acids is 1. The SMILES string of the molecule is CC/C=C\C/C=C\C/C=C\C(CCCCCCC(=O)O)OC(=O)CCCCCCCCCCCC. The van der Waals surface area contributed by atoms with Crippen LogP contribution in [0.1, 0.15) is 142 Å². The highest BCUT2D eigenvalue weighted by molar-refractivity contribution is 5.69. The van der Waals surface area contributed by atoms with Crippen LogP contribution >= 0.6 is 0 Å². The van der Waals surface area contributed by atoms with Gasteiger partial charge in [0.15, 0.2) is 0 Å². The highest BCUT2D eigenvalue weighted by atomic mass is 16.5. The minimum Gasteiger partial charge on any atom is -0.481 e. The molecule has 1 N–H and O–H groups in total.